The summed E-state index contributed by atoms with van der Waals surface area (Å²) < 4.78 is 15.6. The largest absolute Gasteiger partial charge is 0.384 e. The van der Waals surface area contributed by atoms with Crippen LogP contribution in [-0.2, 0) is 6.54 Å². The van der Waals surface area contributed by atoms with E-state index in [4.69, 9.17) is 11.1 Å². The first-order valence-corrected chi connectivity index (χ1v) is 4.76. The van der Waals surface area contributed by atoms with Crippen LogP contribution >= 0.6 is 0 Å². The second-order valence-corrected chi connectivity index (χ2v) is 3.43. The Kier molecular flexibility index (Phi) is 2.68. The number of imidazole rings is 1. The molecule has 0 unspecified atom stereocenters. The van der Waals surface area contributed by atoms with Gasteiger partial charge in [0.25, 0.3) is 0 Å². The maximum Gasteiger partial charge on any atom is 0.139 e. The third kappa shape index (κ3) is 1.93. The zero-order chi connectivity index (χ0) is 11.5. The second kappa shape index (κ2) is 4.14. The normalized spacial score (nSPS) is 10.3. The Morgan fingerprint density at radius 2 is 2.31 bits per heavy atom. The van der Waals surface area contributed by atoms with Gasteiger partial charge in [0.1, 0.15) is 11.7 Å². The number of benzene rings is 1. The van der Waals surface area contributed by atoms with Gasteiger partial charge in [0.2, 0.25) is 0 Å². The molecule has 5 heteroatoms. The van der Waals surface area contributed by atoms with Crippen LogP contribution in [0.4, 0.5) is 4.39 Å². The number of hydrogen-bond acceptors (Lipinski definition) is 2. The van der Waals surface area contributed by atoms with Gasteiger partial charge in [-0.25, -0.2) is 9.37 Å². The number of hydrogen-bond donors (Lipinski definition) is 2. The molecular weight excluding hydrogens is 207 g/mol. The van der Waals surface area contributed by atoms with Gasteiger partial charge in [0.05, 0.1) is 18.4 Å². The highest BCUT2D eigenvalue weighted by Crippen LogP contribution is 2.13. The highest BCUT2D eigenvalue weighted by atomic mass is 19.1. The molecule has 2 rings (SSSR count). The summed E-state index contributed by atoms with van der Waals surface area (Å²) in [7, 11) is 0. The van der Waals surface area contributed by atoms with E-state index in [1.54, 1.807) is 35.4 Å². The monoisotopic (exact) mass is 218 g/mol. The van der Waals surface area contributed by atoms with Crippen LogP contribution in [-0.4, -0.2) is 15.4 Å². The SMILES string of the molecule is N=C(N)c1cccc(Cn2ccnc2)c1F. The zero-order valence-corrected chi connectivity index (χ0v) is 8.52. The summed E-state index contributed by atoms with van der Waals surface area (Å²) in [6, 6.07) is 4.85. The molecule has 0 bridgehead atoms. The number of nitrogen functional groups attached to an aromatic ring is 1. The Labute approximate surface area is 92.0 Å². The Bertz CT molecular complexity index is 505. The minimum atomic E-state index is -0.441. The molecule has 4 nitrogen and oxygen atoms in total. The van der Waals surface area contributed by atoms with Crippen molar-refractivity contribution in [3.05, 3.63) is 53.9 Å². The summed E-state index contributed by atoms with van der Waals surface area (Å²) in [6.07, 6.45) is 4.99. The van der Waals surface area contributed by atoms with Crippen molar-refractivity contribution in [3.8, 4) is 0 Å². The highest BCUT2D eigenvalue weighted by Gasteiger charge is 2.09. The van der Waals surface area contributed by atoms with Gasteiger partial charge >= 0.3 is 0 Å². The summed E-state index contributed by atoms with van der Waals surface area (Å²) in [5.41, 5.74) is 5.91. The molecule has 0 saturated carbocycles. The molecule has 2 aromatic rings. The first-order chi connectivity index (χ1) is 7.68. The molecule has 0 atom stereocenters. The van der Waals surface area contributed by atoms with E-state index in [1.807, 2.05) is 0 Å². The number of amidine groups is 1. The predicted molar refractivity (Wildman–Crippen MR) is 58.7 cm³/mol. The molecule has 0 amide bonds. The lowest BCUT2D eigenvalue weighted by molar-refractivity contribution is 0.596. The van der Waals surface area contributed by atoms with Crippen molar-refractivity contribution >= 4 is 5.84 Å². The van der Waals surface area contributed by atoms with Crippen molar-refractivity contribution < 1.29 is 4.39 Å². The van der Waals surface area contributed by atoms with E-state index in [9.17, 15) is 4.39 Å². The molecule has 0 spiro atoms. The highest BCUT2D eigenvalue weighted by molar-refractivity contribution is 5.95. The first-order valence-electron chi connectivity index (χ1n) is 4.76. The maximum atomic E-state index is 13.9. The van der Waals surface area contributed by atoms with Gasteiger partial charge in [-0.2, -0.15) is 0 Å². The summed E-state index contributed by atoms with van der Waals surface area (Å²) in [6.45, 7) is 0.382. The van der Waals surface area contributed by atoms with Crippen LogP contribution in [0, 0.1) is 11.2 Å². The molecule has 0 saturated heterocycles. The molecular formula is C11H11FN4. The van der Waals surface area contributed by atoms with Crippen LogP contribution < -0.4 is 5.73 Å². The van der Waals surface area contributed by atoms with Gasteiger partial charge in [0, 0.05) is 18.0 Å². The lowest BCUT2D eigenvalue weighted by Gasteiger charge is -2.07. The summed E-state index contributed by atoms with van der Waals surface area (Å²) >= 11 is 0. The van der Waals surface area contributed by atoms with Gasteiger partial charge < -0.3 is 10.3 Å². The molecule has 0 aliphatic carbocycles. The van der Waals surface area contributed by atoms with Crippen molar-refractivity contribution in [2.24, 2.45) is 5.73 Å². The van der Waals surface area contributed by atoms with Gasteiger partial charge in [0.15, 0.2) is 0 Å². The second-order valence-electron chi connectivity index (χ2n) is 3.43. The number of halogens is 1. The first kappa shape index (κ1) is 10.4. The van der Waals surface area contributed by atoms with E-state index in [0.717, 1.165) is 0 Å². The van der Waals surface area contributed by atoms with Crippen LogP contribution in [0.3, 0.4) is 0 Å². The fraction of sp³-hybridized carbons (Fsp3) is 0.0909. The van der Waals surface area contributed by atoms with Gasteiger partial charge in [-0.05, 0) is 6.07 Å². The lowest BCUT2D eigenvalue weighted by atomic mass is 10.1. The van der Waals surface area contributed by atoms with Crippen LogP contribution in [0.2, 0.25) is 0 Å². The van der Waals surface area contributed by atoms with Gasteiger partial charge in [-0.15, -0.1) is 0 Å². The predicted octanol–water partition coefficient (Wildman–Crippen LogP) is 1.35. The van der Waals surface area contributed by atoms with Crippen LogP contribution in [0.15, 0.2) is 36.9 Å². The molecule has 3 N–H and O–H groups in total. The smallest absolute Gasteiger partial charge is 0.139 e. The Morgan fingerprint density at radius 3 is 2.94 bits per heavy atom. The van der Waals surface area contributed by atoms with Crippen molar-refractivity contribution in [1.29, 1.82) is 5.41 Å². The van der Waals surface area contributed by atoms with Gasteiger partial charge in [-0.1, -0.05) is 12.1 Å². The van der Waals surface area contributed by atoms with Crippen molar-refractivity contribution in [2.45, 2.75) is 6.54 Å². The third-order valence-corrected chi connectivity index (χ3v) is 2.28. The summed E-state index contributed by atoms with van der Waals surface area (Å²) in [4.78, 5) is 3.88. The zero-order valence-electron chi connectivity index (χ0n) is 8.52. The van der Waals surface area contributed by atoms with E-state index in [0.29, 0.717) is 12.1 Å². The van der Waals surface area contributed by atoms with Crippen molar-refractivity contribution in [2.75, 3.05) is 0 Å². The molecule has 1 aromatic heterocycles. The number of aromatic nitrogens is 2. The average Bonchev–Trinajstić information content (AvgIpc) is 2.73. The molecule has 82 valence electrons. The Balaban J connectivity index is 2.35. The topological polar surface area (TPSA) is 67.7 Å². The standard InChI is InChI=1S/C11H11FN4/c12-10-8(6-16-5-4-15-7-16)2-1-3-9(10)11(13)14/h1-5,7H,6H2,(H3,13,14). The molecule has 0 radical (unpaired) electrons. The van der Waals surface area contributed by atoms with E-state index in [1.165, 1.54) is 6.07 Å². The fourth-order valence-corrected chi connectivity index (χ4v) is 1.49. The molecule has 1 heterocycles. The molecule has 0 aliphatic rings. The van der Waals surface area contributed by atoms with Crippen molar-refractivity contribution in [3.63, 3.8) is 0 Å². The fourth-order valence-electron chi connectivity index (χ4n) is 1.49. The quantitative estimate of drug-likeness (QED) is 0.603. The van der Waals surface area contributed by atoms with Crippen LogP contribution in [0.5, 0.6) is 0 Å². The van der Waals surface area contributed by atoms with Crippen LogP contribution in [0.1, 0.15) is 11.1 Å². The van der Waals surface area contributed by atoms with E-state index in [2.05, 4.69) is 4.98 Å². The number of rotatable bonds is 3. The summed E-state index contributed by atoms with van der Waals surface area (Å²) in [5.74, 6) is -0.700. The molecule has 16 heavy (non-hydrogen) atoms. The maximum absolute atomic E-state index is 13.9. The number of nitrogens with two attached hydrogens (primary N) is 1. The van der Waals surface area contributed by atoms with Crippen LogP contribution in [0.25, 0.3) is 0 Å². The van der Waals surface area contributed by atoms with Crippen molar-refractivity contribution in [1.82, 2.24) is 9.55 Å². The van der Waals surface area contributed by atoms with E-state index in [-0.39, 0.29) is 11.4 Å². The van der Waals surface area contributed by atoms with E-state index >= 15 is 0 Å². The minimum absolute atomic E-state index is 0.137. The average molecular weight is 218 g/mol. The van der Waals surface area contributed by atoms with E-state index < -0.39 is 5.82 Å². The molecule has 0 aliphatic heterocycles. The third-order valence-electron chi connectivity index (χ3n) is 2.28. The number of nitrogens with one attached hydrogen (secondary N) is 1. The number of nitrogens with zero attached hydrogens (tertiary/aromatic N) is 2. The minimum Gasteiger partial charge on any atom is -0.384 e. The summed E-state index contributed by atoms with van der Waals surface area (Å²) in [5, 5.41) is 7.24. The molecule has 0 fully saturated rings. The van der Waals surface area contributed by atoms with Gasteiger partial charge in [-0.3, -0.25) is 5.41 Å². The molecule has 1 aromatic carbocycles. The Morgan fingerprint density at radius 1 is 1.50 bits per heavy atom. The lowest BCUT2D eigenvalue weighted by Crippen LogP contribution is -2.14. The Hall–Kier alpha value is -2.17.